The number of fused-ring (bicyclic) bond motifs is 8. The fourth-order valence-corrected chi connectivity index (χ4v) is 9.88. The number of hydrogen-bond acceptors (Lipinski definition) is 0. The highest BCUT2D eigenvalue weighted by Crippen LogP contribution is 2.70. The Morgan fingerprint density at radius 3 is 2.28 bits per heavy atom. The van der Waals surface area contributed by atoms with E-state index in [9.17, 15) is 4.39 Å². The summed E-state index contributed by atoms with van der Waals surface area (Å²) in [7, 11) is 0. The molecule has 0 bridgehead atoms. The maximum atomic E-state index is 14.6. The zero-order chi connectivity index (χ0) is 33.4. The Hall–Kier alpha value is -4.75. The molecule has 0 heterocycles. The summed E-state index contributed by atoms with van der Waals surface area (Å²) in [4.78, 5) is 0. The summed E-state index contributed by atoms with van der Waals surface area (Å²) in [6.45, 7) is 2.45. The number of rotatable bonds is 9. The van der Waals surface area contributed by atoms with Gasteiger partial charge in [0.1, 0.15) is 5.82 Å². The van der Waals surface area contributed by atoms with Crippen molar-refractivity contribution in [1.29, 1.82) is 0 Å². The average Bonchev–Trinajstić information content (AvgIpc) is 4.04. The number of aryl methyl sites for hydroxylation is 1. The largest absolute Gasteiger partial charge is 0.207 e. The Labute approximate surface area is 295 Å². The molecule has 0 saturated heterocycles. The van der Waals surface area contributed by atoms with Crippen molar-refractivity contribution >= 4 is 37.9 Å². The molecule has 5 aliphatic rings. The van der Waals surface area contributed by atoms with E-state index in [1.165, 1.54) is 70.9 Å². The molecule has 4 unspecified atom stereocenters. The van der Waals surface area contributed by atoms with Crippen molar-refractivity contribution in [2.75, 3.05) is 0 Å². The van der Waals surface area contributed by atoms with E-state index in [0.717, 1.165) is 29.0 Å². The second-order valence-electron chi connectivity index (χ2n) is 15.4. The lowest BCUT2D eigenvalue weighted by Gasteiger charge is -2.30. The molecule has 5 aliphatic carbocycles. The molecule has 50 heavy (non-hydrogen) atoms. The summed E-state index contributed by atoms with van der Waals surface area (Å²) in [6.07, 6.45) is 27.2. The third-order valence-electron chi connectivity index (χ3n) is 12.7. The molecular weight excluding hydrogens is 608 g/mol. The third kappa shape index (κ3) is 4.77. The fourth-order valence-electron chi connectivity index (χ4n) is 9.88. The van der Waals surface area contributed by atoms with E-state index in [1.807, 2.05) is 6.07 Å². The van der Waals surface area contributed by atoms with Gasteiger partial charge in [0.15, 0.2) is 0 Å². The summed E-state index contributed by atoms with van der Waals surface area (Å²) in [5, 5.41) is 6.93. The third-order valence-corrected chi connectivity index (χ3v) is 12.7. The van der Waals surface area contributed by atoms with Crippen molar-refractivity contribution in [2.24, 2.45) is 23.2 Å². The van der Waals surface area contributed by atoms with Crippen LogP contribution in [0.25, 0.3) is 37.9 Å². The number of halogens is 1. The van der Waals surface area contributed by atoms with Gasteiger partial charge in [0.25, 0.3) is 0 Å². The van der Waals surface area contributed by atoms with Gasteiger partial charge in [0.2, 0.25) is 0 Å². The van der Waals surface area contributed by atoms with Gasteiger partial charge in [-0.1, -0.05) is 127 Å². The molecule has 245 valence electrons. The summed E-state index contributed by atoms with van der Waals surface area (Å²) in [5.41, 5.74) is 10.7. The van der Waals surface area contributed by atoms with Gasteiger partial charge in [-0.15, -0.1) is 0 Å². The molecule has 5 aromatic carbocycles. The van der Waals surface area contributed by atoms with Crippen LogP contribution in [0, 0.1) is 34.9 Å². The van der Waals surface area contributed by atoms with Gasteiger partial charge < -0.3 is 0 Å². The Morgan fingerprint density at radius 1 is 0.680 bits per heavy atom. The number of hydrogen-bond donors (Lipinski definition) is 0. The van der Waals surface area contributed by atoms with Crippen LogP contribution in [0.3, 0.4) is 0 Å². The Kier molecular flexibility index (Phi) is 7.02. The predicted octanol–water partition coefficient (Wildman–Crippen LogP) is 13.0. The summed E-state index contributed by atoms with van der Waals surface area (Å²) in [6, 6.07) is 29.9. The molecule has 5 aromatic rings. The van der Waals surface area contributed by atoms with Gasteiger partial charge >= 0.3 is 0 Å². The first kappa shape index (κ1) is 30.1. The smallest absolute Gasteiger partial charge is 0.123 e. The molecule has 4 atom stereocenters. The molecule has 0 aromatic heterocycles. The molecule has 2 fully saturated rings. The van der Waals surface area contributed by atoms with Gasteiger partial charge in [-0.25, -0.2) is 4.39 Å². The predicted molar refractivity (Wildman–Crippen MR) is 208 cm³/mol. The Balaban J connectivity index is 0.957. The molecular formula is C49H42F. The molecule has 0 amide bonds. The highest BCUT2D eigenvalue weighted by molar-refractivity contribution is 6.25. The van der Waals surface area contributed by atoms with Crippen LogP contribution >= 0.6 is 0 Å². The molecule has 1 heteroatoms. The van der Waals surface area contributed by atoms with Crippen molar-refractivity contribution < 1.29 is 4.39 Å². The highest BCUT2D eigenvalue weighted by Gasteiger charge is 2.60. The van der Waals surface area contributed by atoms with Crippen LogP contribution in [-0.4, -0.2) is 0 Å². The zero-order valence-corrected chi connectivity index (χ0v) is 28.8. The molecule has 1 radical (unpaired) electrons. The lowest BCUT2D eigenvalue weighted by atomic mass is 9.74. The first-order valence-corrected chi connectivity index (χ1v) is 18.8. The summed E-state index contributed by atoms with van der Waals surface area (Å²) < 4.78 is 14.6. The van der Waals surface area contributed by atoms with Crippen LogP contribution in [0.15, 0.2) is 150 Å². The van der Waals surface area contributed by atoms with E-state index in [1.54, 1.807) is 34.4 Å². The minimum absolute atomic E-state index is 0.130. The topological polar surface area (TPSA) is 0 Å². The highest BCUT2D eigenvalue weighted by atomic mass is 19.1. The maximum absolute atomic E-state index is 14.6. The van der Waals surface area contributed by atoms with E-state index >= 15 is 0 Å². The molecule has 0 nitrogen and oxygen atoms in total. The molecule has 2 saturated carbocycles. The first-order chi connectivity index (χ1) is 24.6. The van der Waals surface area contributed by atoms with Crippen LogP contribution < -0.4 is 0 Å². The standard InChI is InChI=1S/C49H42F/c1-31-32(11-3-2-4-12-33-15-7-8-16-39(33)34-13-5-6-14-34)19-22-37-30-49(31,37)47-26-21-35-27-44(35)48(47)36-20-24-43-45(28-36)41-18-10-9-17-40(41)42-25-23-38(50)29-46(42)43/h5-10,13-26,28-29,35,37,44H,2-4,11-12,27,30H2,1H3. The zero-order valence-electron chi connectivity index (χ0n) is 28.8. The van der Waals surface area contributed by atoms with Crippen molar-refractivity contribution in [2.45, 2.75) is 51.9 Å². The normalized spacial score (nSPS) is 25.0. The van der Waals surface area contributed by atoms with Gasteiger partial charge in [-0.2, -0.15) is 0 Å². The molecule has 0 aliphatic heterocycles. The first-order valence-electron chi connectivity index (χ1n) is 18.8. The Morgan fingerprint density at radius 2 is 1.40 bits per heavy atom. The van der Waals surface area contributed by atoms with Gasteiger partial charge in [0.05, 0.1) is 0 Å². The fraction of sp³-hybridized carbons (Fsp3) is 0.245. The number of benzene rings is 5. The van der Waals surface area contributed by atoms with Crippen LogP contribution in [0.1, 0.15) is 62.1 Å². The van der Waals surface area contributed by atoms with Gasteiger partial charge in [-0.3, -0.25) is 0 Å². The van der Waals surface area contributed by atoms with E-state index in [-0.39, 0.29) is 11.2 Å². The van der Waals surface area contributed by atoms with Crippen LogP contribution in [-0.2, 0) is 6.42 Å². The number of unbranched alkanes of at least 4 members (excludes halogenated alkanes) is 2. The SMILES string of the molecule is CC1=C(CCCCCc2ccccc2[C]2C=CC=C2)C=CC2CC12C1=C(c2ccc3c4cc(F)ccc4c4ccccc4c3c2)C2CC2C=C1. The van der Waals surface area contributed by atoms with E-state index in [4.69, 9.17) is 0 Å². The molecule has 0 N–H and O–H groups in total. The molecule has 0 spiro atoms. The van der Waals surface area contributed by atoms with Crippen molar-refractivity contribution in [3.63, 3.8) is 0 Å². The quantitative estimate of drug-likeness (QED) is 0.110. The second kappa shape index (κ2) is 11.7. The lowest BCUT2D eigenvalue weighted by molar-refractivity contribution is 0.630. The maximum Gasteiger partial charge on any atom is 0.123 e. The van der Waals surface area contributed by atoms with Gasteiger partial charge in [0, 0.05) is 11.3 Å². The summed E-state index contributed by atoms with van der Waals surface area (Å²) >= 11 is 0. The minimum atomic E-state index is -0.178. The lowest BCUT2D eigenvalue weighted by Crippen LogP contribution is -2.17. The van der Waals surface area contributed by atoms with Gasteiger partial charge in [-0.05, 0) is 147 Å². The summed E-state index contributed by atoms with van der Waals surface area (Å²) in [5.74, 6) is 3.01. The number of allylic oxidation sites excluding steroid dienone is 12. The average molecular weight is 650 g/mol. The molecule has 10 rings (SSSR count). The van der Waals surface area contributed by atoms with E-state index < -0.39 is 0 Å². The Bertz CT molecular complexity index is 2400. The van der Waals surface area contributed by atoms with Crippen LogP contribution in [0.4, 0.5) is 4.39 Å². The van der Waals surface area contributed by atoms with E-state index in [0.29, 0.717) is 17.8 Å². The van der Waals surface area contributed by atoms with Crippen LogP contribution in [0.2, 0.25) is 0 Å². The van der Waals surface area contributed by atoms with Crippen molar-refractivity contribution in [3.05, 3.63) is 179 Å². The minimum Gasteiger partial charge on any atom is -0.207 e. The van der Waals surface area contributed by atoms with E-state index in [2.05, 4.69) is 122 Å². The van der Waals surface area contributed by atoms with Crippen LogP contribution in [0.5, 0.6) is 0 Å². The van der Waals surface area contributed by atoms with Crippen molar-refractivity contribution in [1.82, 2.24) is 0 Å². The van der Waals surface area contributed by atoms with Crippen molar-refractivity contribution in [3.8, 4) is 0 Å². The second-order valence-corrected chi connectivity index (χ2v) is 15.4. The monoisotopic (exact) mass is 649 g/mol.